The number of carboxylic acid groups (broad SMARTS) is 1. The van der Waals surface area contributed by atoms with Crippen LogP contribution in [0.5, 0.6) is 0 Å². The van der Waals surface area contributed by atoms with E-state index in [9.17, 15) is 32.3 Å². The van der Waals surface area contributed by atoms with Crippen LogP contribution in [0.1, 0.15) is 39.2 Å². The van der Waals surface area contributed by atoms with Crippen LogP contribution < -0.4 is 21.7 Å². The van der Waals surface area contributed by atoms with Gasteiger partial charge in [-0.15, -0.1) is 11.3 Å². The van der Waals surface area contributed by atoms with Crippen LogP contribution in [0, 0.1) is 5.92 Å². The highest BCUT2D eigenvalue weighted by Crippen LogP contribution is 2.33. The number of thiophene rings is 1. The Bertz CT molecular complexity index is 1580. The molecule has 4 amide bonds. The Hall–Kier alpha value is -4.50. The van der Waals surface area contributed by atoms with E-state index in [1.807, 2.05) is 50.2 Å². The number of rotatable bonds is 11. The number of likely N-dealkylation sites (tertiary alicyclic amines) is 1. The molecule has 0 radical (unpaired) electrons. The third-order valence-electron chi connectivity index (χ3n) is 7.90. The van der Waals surface area contributed by atoms with Crippen molar-refractivity contribution in [2.45, 2.75) is 70.4 Å². The Balaban J connectivity index is 0.000000804. The Kier molecular flexibility index (Phi) is 13.1. The Morgan fingerprint density at radius 2 is 1.65 bits per heavy atom. The van der Waals surface area contributed by atoms with Gasteiger partial charge >= 0.3 is 12.1 Å². The number of alkyl halides is 3. The standard InChI is InChI=1S/C31H39N5O4S.C2HF3O2/c1-18(2)27(35-29(38)19(3)33-4)31(40)36-15-7-9-24(36)30(39)34-23(28(32)37)16-20-11-13-21(14-12-20)26-17-22-8-5-6-10-25(22)41-26;3-2(4,5)1(6)7/h5-6,8,10-14,17-19,23-24,27,33H,7,9,15-16H2,1-4H3,(H2,32,37)(H,34,39)(H,35,38);(H,6,7)/t19-,23-,24-,27-;/m0./s1. The van der Waals surface area contributed by atoms with Crippen molar-refractivity contribution in [2.24, 2.45) is 11.7 Å². The summed E-state index contributed by atoms with van der Waals surface area (Å²) in [6, 6.07) is 15.4. The minimum atomic E-state index is -5.08. The molecule has 48 heavy (non-hydrogen) atoms. The summed E-state index contributed by atoms with van der Waals surface area (Å²) in [7, 11) is 1.67. The van der Waals surface area contributed by atoms with Crippen molar-refractivity contribution in [3.63, 3.8) is 0 Å². The smallest absolute Gasteiger partial charge is 0.475 e. The first-order chi connectivity index (χ1) is 22.5. The number of carbonyl (C=O) groups is 5. The first kappa shape index (κ1) is 38.0. The van der Waals surface area contributed by atoms with Gasteiger partial charge in [0.1, 0.15) is 18.1 Å². The molecule has 6 N–H and O–H groups in total. The van der Waals surface area contributed by atoms with Crippen molar-refractivity contribution < 1.29 is 42.3 Å². The lowest BCUT2D eigenvalue weighted by molar-refractivity contribution is -0.192. The molecule has 0 aliphatic carbocycles. The van der Waals surface area contributed by atoms with Gasteiger partial charge in [-0.05, 0) is 61.4 Å². The Labute approximate surface area is 280 Å². The van der Waals surface area contributed by atoms with Crippen LogP contribution in [0.3, 0.4) is 0 Å². The molecule has 3 aromatic rings. The van der Waals surface area contributed by atoms with E-state index in [0.29, 0.717) is 19.4 Å². The minimum absolute atomic E-state index is 0.172. The lowest BCUT2D eigenvalue weighted by atomic mass is 10.0. The monoisotopic (exact) mass is 691 g/mol. The number of halogens is 3. The number of aliphatic carboxylic acids is 1. The fraction of sp³-hybridized carbons (Fsp3) is 0.424. The highest BCUT2D eigenvalue weighted by atomic mass is 32.1. The molecule has 11 nitrogen and oxygen atoms in total. The fourth-order valence-electron chi connectivity index (χ4n) is 5.06. The summed E-state index contributed by atoms with van der Waals surface area (Å²) in [6.45, 7) is 5.82. The van der Waals surface area contributed by atoms with Crippen molar-refractivity contribution in [1.29, 1.82) is 0 Å². The van der Waals surface area contributed by atoms with Gasteiger partial charge in [0.2, 0.25) is 23.6 Å². The number of hydrogen-bond donors (Lipinski definition) is 5. The highest BCUT2D eigenvalue weighted by Gasteiger charge is 2.40. The predicted molar refractivity (Wildman–Crippen MR) is 176 cm³/mol. The van der Waals surface area contributed by atoms with Crippen LogP contribution in [0.2, 0.25) is 0 Å². The number of carboxylic acids is 1. The molecule has 260 valence electrons. The Morgan fingerprint density at radius 1 is 1.02 bits per heavy atom. The maximum atomic E-state index is 13.5. The van der Waals surface area contributed by atoms with Crippen LogP contribution in [0.25, 0.3) is 20.5 Å². The second kappa shape index (κ2) is 16.6. The van der Waals surface area contributed by atoms with Gasteiger partial charge < -0.3 is 31.7 Å². The molecule has 0 spiro atoms. The van der Waals surface area contributed by atoms with E-state index >= 15 is 0 Å². The van der Waals surface area contributed by atoms with E-state index in [4.69, 9.17) is 15.6 Å². The number of hydrogen-bond acceptors (Lipinski definition) is 7. The average molecular weight is 692 g/mol. The highest BCUT2D eigenvalue weighted by molar-refractivity contribution is 7.22. The normalized spacial score (nSPS) is 16.4. The summed E-state index contributed by atoms with van der Waals surface area (Å²) in [6.07, 6.45) is -3.73. The van der Waals surface area contributed by atoms with Crippen molar-refractivity contribution in [2.75, 3.05) is 13.6 Å². The first-order valence-corrected chi connectivity index (χ1v) is 16.1. The summed E-state index contributed by atoms with van der Waals surface area (Å²) >= 11 is 1.72. The van der Waals surface area contributed by atoms with Crippen molar-refractivity contribution >= 4 is 51.0 Å². The molecule has 0 bridgehead atoms. The molecule has 1 saturated heterocycles. The SMILES string of the molecule is CN[C@@H](C)C(=O)N[C@H](C(=O)N1CCC[C@H]1C(=O)N[C@@H](Cc1ccc(-c2cc3ccccc3s2)cc1)C(N)=O)C(C)C.O=C(O)C(F)(F)F. The summed E-state index contributed by atoms with van der Waals surface area (Å²) in [5.74, 6) is -4.58. The van der Waals surface area contributed by atoms with Gasteiger partial charge in [0.15, 0.2) is 0 Å². The zero-order valence-electron chi connectivity index (χ0n) is 27.0. The lowest BCUT2D eigenvalue weighted by Crippen LogP contribution is -2.58. The zero-order valence-corrected chi connectivity index (χ0v) is 27.8. The van der Waals surface area contributed by atoms with E-state index in [-0.39, 0.29) is 24.2 Å². The van der Waals surface area contributed by atoms with Crippen molar-refractivity contribution in [3.05, 3.63) is 60.2 Å². The lowest BCUT2D eigenvalue weighted by Gasteiger charge is -2.31. The summed E-state index contributed by atoms with van der Waals surface area (Å²) in [5.41, 5.74) is 7.62. The third kappa shape index (κ3) is 10.0. The van der Waals surface area contributed by atoms with Gasteiger partial charge in [-0.3, -0.25) is 19.2 Å². The zero-order chi connectivity index (χ0) is 35.8. The molecule has 1 fully saturated rings. The van der Waals surface area contributed by atoms with Crippen LogP contribution in [-0.4, -0.2) is 83.5 Å². The average Bonchev–Trinajstić information content (AvgIpc) is 3.70. The van der Waals surface area contributed by atoms with E-state index in [0.717, 1.165) is 16.0 Å². The summed E-state index contributed by atoms with van der Waals surface area (Å²) < 4.78 is 33.0. The number of amides is 4. The molecular formula is C33H40F3N5O6S. The number of benzene rings is 2. The van der Waals surface area contributed by atoms with Gasteiger partial charge in [-0.2, -0.15) is 13.2 Å². The second-order valence-electron chi connectivity index (χ2n) is 11.7. The summed E-state index contributed by atoms with van der Waals surface area (Å²) in [5, 5.41) is 16.8. The van der Waals surface area contributed by atoms with Crippen LogP contribution in [-0.2, 0) is 30.4 Å². The van der Waals surface area contributed by atoms with E-state index in [1.165, 1.54) is 15.0 Å². The molecule has 4 rings (SSSR count). The van der Waals surface area contributed by atoms with E-state index in [1.54, 1.807) is 25.3 Å². The third-order valence-corrected chi connectivity index (χ3v) is 9.07. The first-order valence-electron chi connectivity index (χ1n) is 15.3. The topological polar surface area (TPSA) is 171 Å². The summed E-state index contributed by atoms with van der Waals surface area (Å²) in [4.78, 5) is 63.2. The molecule has 4 atom stereocenters. The number of fused-ring (bicyclic) bond motifs is 1. The maximum absolute atomic E-state index is 13.5. The molecule has 0 saturated carbocycles. The van der Waals surface area contributed by atoms with Gasteiger partial charge in [0, 0.05) is 22.5 Å². The number of likely N-dealkylation sites (N-methyl/N-ethyl adjacent to an activating group) is 1. The van der Waals surface area contributed by atoms with Gasteiger partial charge in [-0.1, -0.05) is 56.3 Å². The van der Waals surface area contributed by atoms with Crippen molar-refractivity contribution in [3.8, 4) is 10.4 Å². The fourth-order valence-corrected chi connectivity index (χ4v) is 6.13. The van der Waals surface area contributed by atoms with Gasteiger partial charge in [0.05, 0.1) is 6.04 Å². The van der Waals surface area contributed by atoms with E-state index < -0.39 is 48.1 Å². The molecule has 2 aromatic carbocycles. The number of nitrogens with zero attached hydrogens (tertiary/aromatic N) is 1. The predicted octanol–water partition coefficient (Wildman–Crippen LogP) is 3.45. The van der Waals surface area contributed by atoms with Crippen LogP contribution >= 0.6 is 11.3 Å². The minimum Gasteiger partial charge on any atom is -0.475 e. The van der Waals surface area contributed by atoms with E-state index in [2.05, 4.69) is 34.1 Å². The molecule has 0 unspecified atom stereocenters. The molecule has 2 heterocycles. The number of carbonyl (C=O) groups excluding carboxylic acids is 4. The quantitative estimate of drug-likeness (QED) is 0.205. The van der Waals surface area contributed by atoms with Gasteiger partial charge in [-0.25, -0.2) is 4.79 Å². The Morgan fingerprint density at radius 3 is 2.19 bits per heavy atom. The van der Waals surface area contributed by atoms with Crippen molar-refractivity contribution in [1.82, 2.24) is 20.9 Å². The maximum Gasteiger partial charge on any atom is 0.490 e. The number of nitrogens with two attached hydrogens (primary N) is 1. The largest absolute Gasteiger partial charge is 0.490 e. The molecule has 1 aliphatic heterocycles. The second-order valence-corrected chi connectivity index (χ2v) is 12.8. The molecule has 15 heteroatoms. The molecular weight excluding hydrogens is 651 g/mol. The van der Waals surface area contributed by atoms with Crippen LogP contribution in [0.4, 0.5) is 13.2 Å². The molecule has 1 aromatic heterocycles. The van der Waals surface area contributed by atoms with Crippen LogP contribution in [0.15, 0.2) is 54.6 Å². The number of nitrogens with one attached hydrogen (secondary N) is 3. The number of primary amides is 1. The van der Waals surface area contributed by atoms with Gasteiger partial charge in [0.25, 0.3) is 0 Å². The molecule has 1 aliphatic rings.